The van der Waals surface area contributed by atoms with Gasteiger partial charge in [-0.05, 0) is 25.8 Å². The number of ether oxygens (including phenoxy) is 1. The predicted molar refractivity (Wildman–Crippen MR) is 121 cm³/mol. The Labute approximate surface area is 183 Å². The summed E-state index contributed by atoms with van der Waals surface area (Å²) in [6.45, 7) is 6.07. The molecule has 0 aliphatic heterocycles. The molecule has 0 spiro atoms. The highest BCUT2D eigenvalue weighted by molar-refractivity contribution is 14.0. The molecule has 0 aliphatic rings. The molecule has 8 nitrogen and oxygen atoms in total. The molecule has 0 saturated carbocycles. The van der Waals surface area contributed by atoms with E-state index in [9.17, 15) is 5.11 Å². The summed E-state index contributed by atoms with van der Waals surface area (Å²) in [7, 11) is 3.60. The third-order valence-corrected chi connectivity index (χ3v) is 4.27. The Morgan fingerprint density at radius 1 is 1.29 bits per heavy atom. The molecule has 2 aromatic rings. The topological polar surface area (TPSA) is 96.6 Å². The third kappa shape index (κ3) is 7.72. The average Bonchev–Trinajstić information content (AvgIpc) is 2.98. The molecular formula is C19H31IN6O2. The Morgan fingerprint density at radius 2 is 2.07 bits per heavy atom. The first-order valence-corrected chi connectivity index (χ1v) is 9.12. The lowest BCUT2D eigenvalue weighted by Crippen LogP contribution is -2.40. The summed E-state index contributed by atoms with van der Waals surface area (Å²) in [4.78, 5) is 4.57. The second-order valence-corrected chi connectivity index (χ2v) is 6.47. The van der Waals surface area contributed by atoms with Crippen molar-refractivity contribution in [2.24, 2.45) is 12.0 Å². The van der Waals surface area contributed by atoms with Crippen LogP contribution in [0.15, 0.2) is 29.3 Å². The first-order chi connectivity index (χ1) is 13.0. The van der Waals surface area contributed by atoms with Crippen molar-refractivity contribution >= 4 is 29.9 Å². The molecule has 0 amide bonds. The number of halogens is 1. The lowest BCUT2D eigenvalue weighted by Gasteiger charge is -2.16. The molecule has 3 N–H and O–H groups in total. The molecule has 0 saturated heterocycles. The summed E-state index contributed by atoms with van der Waals surface area (Å²) >= 11 is 0. The maximum atomic E-state index is 10.4. The van der Waals surface area contributed by atoms with E-state index >= 15 is 0 Å². The van der Waals surface area contributed by atoms with Crippen LogP contribution in [-0.4, -0.2) is 52.6 Å². The quantitative estimate of drug-likeness (QED) is 0.210. The first kappa shape index (κ1) is 24.3. The van der Waals surface area contributed by atoms with Crippen molar-refractivity contribution in [3.8, 4) is 0 Å². The Bertz CT molecular complexity index is 750. The molecule has 0 fully saturated rings. The van der Waals surface area contributed by atoms with Gasteiger partial charge in [-0.15, -0.1) is 34.2 Å². The van der Waals surface area contributed by atoms with E-state index in [1.54, 1.807) is 7.11 Å². The highest BCUT2D eigenvalue weighted by Crippen LogP contribution is 2.13. The number of benzene rings is 1. The third-order valence-electron chi connectivity index (χ3n) is 4.27. The van der Waals surface area contributed by atoms with Gasteiger partial charge in [0.05, 0.1) is 6.10 Å². The number of hydrogen-bond acceptors (Lipinski definition) is 5. The van der Waals surface area contributed by atoms with Crippen molar-refractivity contribution < 1.29 is 9.84 Å². The van der Waals surface area contributed by atoms with Crippen LogP contribution in [0.25, 0.3) is 0 Å². The predicted octanol–water partition coefficient (Wildman–Crippen LogP) is 1.86. The van der Waals surface area contributed by atoms with Gasteiger partial charge in [0, 0.05) is 33.9 Å². The molecule has 2 rings (SSSR count). The van der Waals surface area contributed by atoms with E-state index < -0.39 is 6.10 Å². The Kier molecular flexibility index (Phi) is 11.0. The SMILES string of the molecule is COCCCNC(=NCc1nnc(C)n1C)NCC(O)c1cccc(C)c1.I. The summed E-state index contributed by atoms with van der Waals surface area (Å²) in [5.41, 5.74) is 2.00. The molecule has 0 aliphatic carbocycles. The van der Waals surface area contributed by atoms with Gasteiger partial charge in [-0.1, -0.05) is 29.8 Å². The van der Waals surface area contributed by atoms with Crippen LogP contribution in [0.1, 0.15) is 35.3 Å². The zero-order valence-corrected chi connectivity index (χ0v) is 19.3. The summed E-state index contributed by atoms with van der Waals surface area (Å²) in [5.74, 6) is 2.25. The molecule has 1 atom stereocenters. The van der Waals surface area contributed by atoms with E-state index in [4.69, 9.17) is 4.74 Å². The number of nitrogens with zero attached hydrogens (tertiary/aromatic N) is 4. The van der Waals surface area contributed by atoms with E-state index in [0.29, 0.717) is 25.7 Å². The highest BCUT2D eigenvalue weighted by atomic mass is 127. The van der Waals surface area contributed by atoms with Crippen LogP contribution in [0.5, 0.6) is 0 Å². The van der Waals surface area contributed by atoms with Gasteiger partial charge < -0.3 is 25.0 Å². The molecule has 1 unspecified atom stereocenters. The largest absolute Gasteiger partial charge is 0.387 e. The van der Waals surface area contributed by atoms with Gasteiger partial charge in [-0.2, -0.15) is 0 Å². The molecule has 1 aromatic carbocycles. The normalized spacial score (nSPS) is 12.4. The van der Waals surface area contributed by atoms with Gasteiger partial charge in [0.15, 0.2) is 11.8 Å². The second-order valence-electron chi connectivity index (χ2n) is 6.47. The number of aliphatic hydroxyl groups excluding tert-OH is 1. The van der Waals surface area contributed by atoms with Crippen LogP contribution in [0.2, 0.25) is 0 Å². The van der Waals surface area contributed by atoms with Crippen molar-refractivity contribution in [2.75, 3.05) is 26.8 Å². The number of rotatable bonds is 9. The zero-order valence-electron chi connectivity index (χ0n) is 17.0. The molecule has 1 heterocycles. The van der Waals surface area contributed by atoms with Crippen molar-refractivity contribution in [1.82, 2.24) is 25.4 Å². The summed E-state index contributed by atoms with van der Waals surface area (Å²) < 4.78 is 6.99. The number of methoxy groups -OCH3 is 1. The Hall–Kier alpha value is -1.72. The fourth-order valence-corrected chi connectivity index (χ4v) is 2.52. The monoisotopic (exact) mass is 502 g/mol. The minimum absolute atomic E-state index is 0. The number of hydrogen-bond donors (Lipinski definition) is 3. The Balaban J connectivity index is 0.00000392. The first-order valence-electron chi connectivity index (χ1n) is 9.12. The van der Waals surface area contributed by atoms with E-state index in [1.165, 1.54) is 0 Å². The average molecular weight is 502 g/mol. The molecule has 9 heteroatoms. The van der Waals surface area contributed by atoms with E-state index in [2.05, 4.69) is 25.8 Å². The van der Waals surface area contributed by atoms with Gasteiger partial charge in [0.1, 0.15) is 12.4 Å². The molecule has 0 radical (unpaired) electrons. The van der Waals surface area contributed by atoms with E-state index in [1.807, 2.05) is 49.7 Å². The fourth-order valence-electron chi connectivity index (χ4n) is 2.52. The smallest absolute Gasteiger partial charge is 0.191 e. The molecule has 0 bridgehead atoms. The van der Waals surface area contributed by atoms with Gasteiger partial charge in [0.25, 0.3) is 0 Å². The number of nitrogens with one attached hydrogen (secondary N) is 2. The van der Waals surface area contributed by atoms with Crippen LogP contribution in [0.3, 0.4) is 0 Å². The van der Waals surface area contributed by atoms with Gasteiger partial charge in [-0.3, -0.25) is 0 Å². The standard InChI is InChI=1S/C19H30N6O2.HI/c1-14-7-5-8-16(11-14)17(26)12-21-19(20-9-6-10-27-4)22-13-18-24-23-15(2)25(18)3;/h5,7-8,11,17,26H,6,9-10,12-13H2,1-4H3,(H2,20,21,22);1H. The Morgan fingerprint density at radius 3 is 2.71 bits per heavy atom. The van der Waals surface area contributed by atoms with Gasteiger partial charge in [0.2, 0.25) is 0 Å². The lowest BCUT2D eigenvalue weighted by molar-refractivity contribution is 0.180. The van der Waals surface area contributed by atoms with Crippen LogP contribution in [0, 0.1) is 13.8 Å². The van der Waals surface area contributed by atoms with Gasteiger partial charge in [-0.25, -0.2) is 4.99 Å². The fraction of sp³-hybridized carbons (Fsp3) is 0.526. The van der Waals surface area contributed by atoms with Crippen molar-refractivity contribution in [3.63, 3.8) is 0 Å². The summed E-state index contributed by atoms with van der Waals surface area (Å²) in [6, 6.07) is 7.86. The van der Waals surface area contributed by atoms with Gasteiger partial charge >= 0.3 is 0 Å². The van der Waals surface area contributed by atoms with Crippen LogP contribution in [-0.2, 0) is 18.3 Å². The van der Waals surface area contributed by atoms with Crippen molar-refractivity contribution in [2.45, 2.75) is 32.9 Å². The van der Waals surface area contributed by atoms with Crippen LogP contribution >= 0.6 is 24.0 Å². The van der Waals surface area contributed by atoms with Crippen LogP contribution in [0.4, 0.5) is 0 Å². The number of aryl methyl sites for hydroxylation is 2. The number of aromatic nitrogens is 3. The molecule has 1 aromatic heterocycles. The molecule has 156 valence electrons. The number of guanidine groups is 1. The summed E-state index contributed by atoms with van der Waals surface area (Å²) in [5, 5.41) is 25.1. The second kappa shape index (κ2) is 12.7. The van der Waals surface area contributed by atoms with Crippen molar-refractivity contribution in [3.05, 3.63) is 47.0 Å². The maximum Gasteiger partial charge on any atom is 0.191 e. The number of aliphatic hydroxyl groups is 1. The summed E-state index contributed by atoms with van der Waals surface area (Å²) in [6.07, 6.45) is 0.244. The highest BCUT2D eigenvalue weighted by Gasteiger charge is 2.10. The minimum Gasteiger partial charge on any atom is -0.387 e. The molecular weight excluding hydrogens is 471 g/mol. The van der Waals surface area contributed by atoms with E-state index in [0.717, 1.165) is 35.7 Å². The van der Waals surface area contributed by atoms with E-state index in [-0.39, 0.29) is 24.0 Å². The van der Waals surface area contributed by atoms with Crippen LogP contribution < -0.4 is 10.6 Å². The molecule has 28 heavy (non-hydrogen) atoms. The van der Waals surface area contributed by atoms with Crippen molar-refractivity contribution in [1.29, 1.82) is 0 Å². The minimum atomic E-state index is -0.618. The zero-order chi connectivity index (χ0) is 19.6. The lowest BCUT2D eigenvalue weighted by atomic mass is 10.1. The maximum absolute atomic E-state index is 10.4. The number of aliphatic imine (C=N–C) groups is 1.